The number of halogens is 1. The molecule has 0 spiro atoms. The third kappa shape index (κ3) is 2.19. The van der Waals surface area contributed by atoms with E-state index in [-0.39, 0.29) is 11.2 Å². The number of pyridine rings is 1. The topological polar surface area (TPSA) is 51.4 Å². The molecule has 84 valence electrons. The lowest BCUT2D eigenvalue weighted by molar-refractivity contribution is 0.564. The molecule has 0 aliphatic heterocycles. The second-order valence-corrected chi connectivity index (χ2v) is 3.25. The number of aromatic nitrogens is 1. The van der Waals surface area contributed by atoms with Crippen molar-refractivity contribution in [3.63, 3.8) is 0 Å². The van der Waals surface area contributed by atoms with Crippen LogP contribution in [0.3, 0.4) is 0 Å². The fourth-order valence-electron chi connectivity index (χ4n) is 1.43. The molecule has 0 aliphatic carbocycles. The summed E-state index contributed by atoms with van der Waals surface area (Å²) in [4.78, 5) is 24.7. The molecule has 0 N–H and O–H groups in total. The summed E-state index contributed by atoms with van der Waals surface area (Å²) in [5.74, 6) is -0.679. The van der Waals surface area contributed by atoms with Crippen LogP contribution in [0, 0.1) is 5.82 Å². The van der Waals surface area contributed by atoms with Crippen molar-refractivity contribution in [1.82, 2.24) is 4.57 Å². The van der Waals surface area contributed by atoms with Crippen molar-refractivity contribution in [1.29, 1.82) is 0 Å². The highest BCUT2D eigenvalue weighted by molar-refractivity contribution is 5.52. The minimum Gasteiger partial charge on any atom is -0.284 e. The van der Waals surface area contributed by atoms with Gasteiger partial charge in [0.25, 0.3) is 5.56 Å². The molecule has 1 heterocycles. The zero-order valence-corrected chi connectivity index (χ0v) is 8.63. The molecule has 17 heavy (non-hydrogen) atoms. The van der Waals surface area contributed by atoms with Crippen molar-refractivity contribution in [3.05, 3.63) is 58.8 Å². The van der Waals surface area contributed by atoms with Crippen LogP contribution in [-0.2, 0) is 4.79 Å². The second kappa shape index (κ2) is 4.55. The first kappa shape index (κ1) is 11.0. The highest BCUT2D eigenvalue weighted by Gasteiger charge is 2.04. The average molecular weight is 230 g/mol. The highest BCUT2D eigenvalue weighted by Crippen LogP contribution is 2.19. The predicted octanol–water partition coefficient (Wildman–Crippen LogP) is 1.94. The molecule has 0 atom stereocenters. The van der Waals surface area contributed by atoms with E-state index in [2.05, 4.69) is 4.99 Å². The van der Waals surface area contributed by atoms with Crippen LogP contribution in [0.2, 0.25) is 0 Å². The van der Waals surface area contributed by atoms with Crippen molar-refractivity contribution in [2.45, 2.75) is 0 Å². The Hall–Kier alpha value is -2.52. The molecule has 1 aromatic heterocycles. The lowest BCUT2D eigenvalue weighted by atomic mass is 10.2. The summed E-state index contributed by atoms with van der Waals surface area (Å²) in [5.41, 5.74) is 0.00391. The van der Waals surface area contributed by atoms with Gasteiger partial charge in [-0.25, -0.2) is 9.18 Å². The number of isocyanates is 1. The first-order valence-corrected chi connectivity index (χ1v) is 4.78. The van der Waals surface area contributed by atoms with Crippen molar-refractivity contribution in [3.8, 4) is 5.69 Å². The van der Waals surface area contributed by atoms with Gasteiger partial charge in [0.15, 0.2) is 5.82 Å². The molecule has 0 amide bonds. The van der Waals surface area contributed by atoms with Crippen LogP contribution in [0.25, 0.3) is 5.69 Å². The lowest BCUT2D eigenvalue weighted by Gasteiger charge is -2.05. The smallest absolute Gasteiger partial charge is 0.255 e. The zero-order valence-electron chi connectivity index (χ0n) is 8.63. The molecule has 0 saturated carbocycles. The van der Waals surface area contributed by atoms with Gasteiger partial charge in [-0.1, -0.05) is 6.07 Å². The molecule has 0 aliphatic rings. The van der Waals surface area contributed by atoms with Crippen LogP contribution in [-0.4, -0.2) is 10.6 Å². The Kier molecular flexibility index (Phi) is 2.94. The molecule has 0 unspecified atom stereocenters. The van der Waals surface area contributed by atoms with E-state index < -0.39 is 5.82 Å². The number of nitrogens with zero attached hydrogens (tertiary/aromatic N) is 2. The second-order valence-electron chi connectivity index (χ2n) is 3.25. The number of carbonyl (C=O) groups excluding carboxylic acids is 1. The molecular weight excluding hydrogens is 223 g/mol. The van der Waals surface area contributed by atoms with E-state index >= 15 is 0 Å². The summed E-state index contributed by atoms with van der Waals surface area (Å²) < 4.78 is 14.8. The summed E-state index contributed by atoms with van der Waals surface area (Å²) in [7, 11) is 0. The molecule has 4 nitrogen and oxygen atoms in total. The maximum Gasteiger partial charge on any atom is 0.255 e. The van der Waals surface area contributed by atoms with E-state index in [1.807, 2.05) is 0 Å². The molecule has 0 radical (unpaired) electrons. The number of hydrogen-bond acceptors (Lipinski definition) is 3. The first-order valence-electron chi connectivity index (χ1n) is 4.78. The van der Waals surface area contributed by atoms with Crippen LogP contribution >= 0.6 is 0 Å². The highest BCUT2D eigenvalue weighted by atomic mass is 19.1. The van der Waals surface area contributed by atoms with E-state index in [1.165, 1.54) is 35.0 Å². The standard InChI is InChI=1S/C12H7FN2O2/c13-10-7-9(4-5-11(10)14-8-16)15-6-2-1-3-12(15)17/h1-7H. The van der Waals surface area contributed by atoms with Gasteiger partial charge in [-0.15, -0.1) is 0 Å². The Bertz CT molecular complexity index is 658. The van der Waals surface area contributed by atoms with Gasteiger partial charge in [-0.2, -0.15) is 4.99 Å². The van der Waals surface area contributed by atoms with Gasteiger partial charge >= 0.3 is 0 Å². The third-order valence-electron chi connectivity index (χ3n) is 2.20. The van der Waals surface area contributed by atoms with Crippen molar-refractivity contribution >= 4 is 11.8 Å². The van der Waals surface area contributed by atoms with E-state index in [4.69, 9.17) is 0 Å². The molecule has 2 rings (SSSR count). The summed E-state index contributed by atoms with van der Waals surface area (Å²) in [6.07, 6.45) is 2.79. The Morgan fingerprint density at radius 2 is 2.06 bits per heavy atom. The average Bonchev–Trinajstić information content (AvgIpc) is 2.33. The van der Waals surface area contributed by atoms with E-state index in [1.54, 1.807) is 12.1 Å². The van der Waals surface area contributed by atoms with Gasteiger partial charge in [0.05, 0.1) is 5.69 Å². The molecule has 0 bridgehead atoms. The fourth-order valence-corrected chi connectivity index (χ4v) is 1.43. The van der Waals surface area contributed by atoms with Gasteiger partial charge in [-0.3, -0.25) is 9.36 Å². The van der Waals surface area contributed by atoms with Crippen molar-refractivity contribution in [2.75, 3.05) is 0 Å². The zero-order chi connectivity index (χ0) is 12.3. The molecule has 0 fully saturated rings. The Morgan fingerprint density at radius 1 is 1.24 bits per heavy atom. The van der Waals surface area contributed by atoms with E-state index in [0.29, 0.717) is 5.69 Å². The fraction of sp³-hybridized carbons (Fsp3) is 0. The van der Waals surface area contributed by atoms with Crippen molar-refractivity contribution < 1.29 is 9.18 Å². The monoisotopic (exact) mass is 230 g/mol. The minimum absolute atomic E-state index is 0.104. The maximum absolute atomic E-state index is 13.5. The normalized spacial score (nSPS) is 9.71. The van der Waals surface area contributed by atoms with Gasteiger partial charge in [0, 0.05) is 18.3 Å². The van der Waals surface area contributed by atoms with Crippen LogP contribution < -0.4 is 5.56 Å². The molecule has 0 saturated heterocycles. The van der Waals surface area contributed by atoms with Crippen LogP contribution in [0.5, 0.6) is 0 Å². The molecular formula is C12H7FN2O2. The summed E-state index contributed by atoms with van der Waals surface area (Å²) >= 11 is 0. The summed E-state index contributed by atoms with van der Waals surface area (Å²) in [5, 5.41) is 0. The van der Waals surface area contributed by atoms with Crippen molar-refractivity contribution in [2.24, 2.45) is 4.99 Å². The van der Waals surface area contributed by atoms with Gasteiger partial charge in [-0.05, 0) is 18.2 Å². The Balaban J connectivity index is 2.56. The van der Waals surface area contributed by atoms with E-state index in [9.17, 15) is 14.0 Å². The van der Waals surface area contributed by atoms with Gasteiger partial charge in [0.2, 0.25) is 6.08 Å². The maximum atomic E-state index is 13.5. The third-order valence-corrected chi connectivity index (χ3v) is 2.20. The first-order chi connectivity index (χ1) is 8.22. The van der Waals surface area contributed by atoms with Crippen LogP contribution in [0.15, 0.2) is 52.4 Å². The molecule has 2 aromatic rings. The number of benzene rings is 1. The Morgan fingerprint density at radius 3 is 2.71 bits per heavy atom. The number of aliphatic imine (C=N–C) groups is 1. The van der Waals surface area contributed by atoms with Crippen LogP contribution in [0.4, 0.5) is 10.1 Å². The number of rotatable bonds is 2. The van der Waals surface area contributed by atoms with Gasteiger partial charge in [0.1, 0.15) is 5.69 Å². The SMILES string of the molecule is O=C=Nc1ccc(-n2ccccc2=O)cc1F. The summed E-state index contributed by atoms with van der Waals surface area (Å²) in [6, 6.07) is 8.58. The summed E-state index contributed by atoms with van der Waals surface area (Å²) in [6.45, 7) is 0. The molecule has 1 aromatic carbocycles. The largest absolute Gasteiger partial charge is 0.284 e. The molecule has 5 heteroatoms. The Labute approximate surface area is 95.7 Å². The minimum atomic E-state index is -0.679. The predicted molar refractivity (Wildman–Crippen MR) is 59.8 cm³/mol. The van der Waals surface area contributed by atoms with Crippen LogP contribution in [0.1, 0.15) is 0 Å². The quantitative estimate of drug-likeness (QED) is 0.584. The van der Waals surface area contributed by atoms with Gasteiger partial charge < -0.3 is 0 Å². The van der Waals surface area contributed by atoms with E-state index in [0.717, 1.165) is 6.07 Å². The number of hydrogen-bond donors (Lipinski definition) is 0. The lowest BCUT2D eigenvalue weighted by Crippen LogP contribution is -2.15.